The van der Waals surface area contributed by atoms with Crippen molar-refractivity contribution >= 4 is 17.3 Å². The molecule has 2 atom stereocenters. The maximum Gasteiger partial charge on any atom is 0.0813 e. The SMILES string of the molecule is CCc1ccc(NC(CC(O)c2ccc(Cl)cc2)c2ccccc2)cc1. The zero-order chi connectivity index (χ0) is 18.4. The Morgan fingerprint density at radius 1 is 0.846 bits per heavy atom. The first kappa shape index (κ1) is 18.5. The van der Waals surface area contributed by atoms with Gasteiger partial charge >= 0.3 is 0 Å². The first-order valence-corrected chi connectivity index (χ1v) is 9.37. The van der Waals surface area contributed by atoms with Gasteiger partial charge in [-0.3, -0.25) is 0 Å². The minimum atomic E-state index is -0.570. The summed E-state index contributed by atoms with van der Waals surface area (Å²) in [6.45, 7) is 2.15. The van der Waals surface area contributed by atoms with Crippen molar-refractivity contribution in [3.8, 4) is 0 Å². The van der Waals surface area contributed by atoms with Gasteiger partial charge in [-0.1, -0.05) is 73.1 Å². The quantitative estimate of drug-likeness (QED) is 0.524. The molecule has 0 saturated carbocycles. The van der Waals surface area contributed by atoms with Gasteiger partial charge < -0.3 is 10.4 Å². The largest absolute Gasteiger partial charge is 0.388 e. The van der Waals surface area contributed by atoms with Crippen LogP contribution in [-0.2, 0) is 6.42 Å². The Hall–Kier alpha value is -2.29. The Morgan fingerprint density at radius 3 is 2.12 bits per heavy atom. The smallest absolute Gasteiger partial charge is 0.0813 e. The highest BCUT2D eigenvalue weighted by Crippen LogP contribution is 2.30. The lowest BCUT2D eigenvalue weighted by atomic mass is 9.96. The molecule has 0 aliphatic heterocycles. The summed E-state index contributed by atoms with van der Waals surface area (Å²) in [5, 5.41) is 15.0. The third kappa shape index (κ3) is 4.87. The second kappa shape index (κ2) is 8.88. The fraction of sp³-hybridized carbons (Fsp3) is 0.217. The molecular formula is C23H24ClNO. The predicted octanol–water partition coefficient (Wildman–Crippen LogP) is 6.18. The molecule has 0 aromatic heterocycles. The van der Waals surface area contributed by atoms with E-state index in [1.165, 1.54) is 5.56 Å². The van der Waals surface area contributed by atoms with E-state index in [0.717, 1.165) is 23.2 Å². The molecule has 0 amide bonds. The molecule has 0 radical (unpaired) electrons. The van der Waals surface area contributed by atoms with Crippen molar-refractivity contribution in [2.24, 2.45) is 0 Å². The van der Waals surface area contributed by atoms with Crippen molar-refractivity contribution in [1.29, 1.82) is 0 Å². The van der Waals surface area contributed by atoms with E-state index < -0.39 is 6.10 Å². The van der Waals surface area contributed by atoms with Gasteiger partial charge in [0.15, 0.2) is 0 Å². The van der Waals surface area contributed by atoms with Crippen LogP contribution in [0.5, 0.6) is 0 Å². The number of nitrogens with one attached hydrogen (secondary N) is 1. The number of aryl methyl sites for hydroxylation is 1. The Bertz CT molecular complexity index is 800. The van der Waals surface area contributed by atoms with E-state index >= 15 is 0 Å². The molecule has 2 unspecified atom stereocenters. The fourth-order valence-electron chi connectivity index (χ4n) is 3.05. The minimum absolute atomic E-state index is 0.00866. The zero-order valence-corrected chi connectivity index (χ0v) is 15.7. The Labute approximate surface area is 160 Å². The lowest BCUT2D eigenvalue weighted by molar-refractivity contribution is 0.160. The van der Waals surface area contributed by atoms with Crippen LogP contribution in [0.3, 0.4) is 0 Å². The van der Waals surface area contributed by atoms with E-state index in [0.29, 0.717) is 11.4 Å². The van der Waals surface area contributed by atoms with Gasteiger partial charge in [0.1, 0.15) is 0 Å². The number of aliphatic hydroxyl groups is 1. The maximum atomic E-state index is 10.7. The van der Waals surface area contributed by atoms with Crippen LogP contribution in [0.1, 0.15) is 42.2 Å². The van der Waals surface area contributed by atoms with Crippen LogP contribution in [-0.4, -0.2) is 5.11 Å². The monoisotopic (exact) mass is 365 g/mol. The molecule has 0 spiro atoms. The maximum absolute atomic E-state index is 10.7. The molecular weight excluding hydrogens is 342 g/mol. The van der Waals surface area contributed by atoms with E-state index in [4.69, 9.17) is 11.6 Å². The summed E-state index contributed by atoms with van der Waals surface area (Å²) >= 11 is 5.96. The highest BCUT2D eigenvalue weighted by Gasteiger charge is 2.18. The van der Waals surface area contributed by atoms with E-state index in [9.17, 15) is 5.11 Å². The van der Waals surface area contributed by atoms with Gasteiger partial charge in [-0.25, -0.2) is 0 Å². The highest BCUT2D eigenvalue weighted by molar-refractivity contribution is 6.30. The molecule has 26 heavy (non-hydrogen) atoms. The Balaban J connectivity index is 1.79. The summed E-state index contributed by atoms with van der Waals surface area (Å²) in [7, 11) is 0. The predicted molar refractivity (Wildman–Crippen MR) is 110 cm³/mol. The van der Waals surface area contributed by atoms with Crippen LogP contribution in [0.4, 0.5) is 5.69 Å². The molecule has 3 aromatic carbocycles. The normalized spacial score (nSPS) is 13.2. The summed E-state index contributed by atoms with van der Waals surface area (Å²) < 4.78 is 0. The average Bonchev–Trinajstić information content (AvgIpc) is 2.69. The van der Waals surface area contributed by atoms with Gasteiger partial charge in [0, 0.05) is 17.1 Å². The van der Waals surface area contributed by atoms with Gasteiger partial charge in [0.05, 0.1) is 12.1 Å². The standard InChI is InChI=1S/C23H24ClNO/c1-2-17-8-14-21(15-9-17)25-22(18-6-4-3-5-7-18)16-23(26)19-10-12-20(24)13-11-19/h3-15,22-23,25-26H,2,16H2,1H3. The third-order valence-electron chi connectivity index (χ3n) is 4.62. The molecule has 3 rings (SSSR count). The van der Waals surface area contributed by atoms with E-state index in [1.54, 1.807) is 0 Å². The van der Waals surface area contributed by atoms with Gasteiger partial charge in [-0.15, -0.1) is 0 Å². The highest BCUT2D eigenvalue weighted by atomic mass is 35.5. The number of anilines is 1. The number of aliphatic hydroxyl groups excluding tert-OH is 1. The minimum Gasteiger partial charge on any atom is -0.388 e. The molecule has 0 aliphatic carbocycles. The van der Waals surface area contributed by atoms with Crippen molar-refractivity contribution in [2.75, 3.05) is 5.32 Å². The topological polar surface area (TPSA) is 32.3 Å². The average molecular weight is 366 g/mol. The molecule has 2 N–H and O–H groups in total. The number of benzene rings is 3. The lowest BCUT2D eigenvalue weighted by Gasteiger charge is -2.24. The van der Waals surface area contributed by atoms with Gasteiger partial charge in [-0.05, 0) is 47.4 Å². The molecule has 3 aromatic rings. The molecule has 0 bridgehead atoms. The molecule has 134 valence electrons. The molecule has 0 heterocycles. The van der Waals surface area contributed by atoms with E-state index in [-0.39, 0.29) is 6.04 Å². The molecule has 0 saturated heterocycles. The first-order valence-electron chi connectivity index (χ1n) is 8.99. The van der Waals surface area contributed by atoms with Crippen LogP contribution in [0.25, 0.3) is 0 Å². The number of rotatable bonds is 7. The molecule has 2 nitrogen and oxygen atoms in total. The van der Waals surface area contributed by atoms with Crippen molar-refractivity contribution in [3.05, 3.63) is 101 Å². The van der Waals surface area contributed by atoms with Gasteiger partial charge in [0.25, 0.3) is 0 Å². The zero-order valence-electron chi connectivity index (χ0n) is 14.9. The van der Waals surface area contributed by atoms with E-state index in [1.807, 2.05) is 42.5 Å². The van der Waals surface area contributed by atoms with Crippen molar-refractivity contribution in [2.45, 2.75) is 31.9 Å². The van der Waals surface area contributed by atoms with E-state index in [2.05, 4.69) is 48.6 Å². The molecule has 3 heteroatoms. The van der Waals surface area contributed by atoms with Crippen LogP contribution in [0, 0.1) is 0 Å². The fourth-order valence-corrected chi connectivity index (χ4v) is 3.17. The summed E-state index contributed by atoms with van der Waals surface area (Å²) in [4.78, 5) is 0. The summed E-state index contributed by atoms with van der Waals surface area (Å²) in [6, 6.07) is 26.1. The summed E-state index contributed by atoms with van der Waals surface area (Å²) in [5.74, 6) is 0. The Morgan fingerprint density at radius 2 is 1.50 bits per heavy atom. The summed E-state index contributed by atoms with van der Waals surface area (Å²) in [6.07, 6.45) is 1.03. The second-order valence-electron chi connectivity index (χ2n) is 6.46. The molecule has 0 fully saturated rings. The summed E-state index contributed by atoms with van der Waals surface area (Å²) in [5.41, 5.74) is 4.39. The van der Waals surface area contributed by atoms with Crippen molar-refractivity contribution in [1.82, 2.24) is 0 Å². The first-order chi connectivity index (χ1) is 12.7. The second-order valence-corrected chi connectivity index (χ2v) is 6.90. The number of halogens is 1. The third-order valence-corrected chi connectivity index (χ3v) is 4.87. The van der Waals surface area contributed by atoms with Crippen LogP contribution in [0.15, 0.2) is 78.9 Å². The molecule has 0 aliphatic rings. The van der Waals surface area contributed by atoms with Crippen molar-refractivity contribution in [3.63, 3.8) is 0 Å². The van der Waals surface area contributed by atoms with Crippen LogP contribution >= 0.6 is 11.6 Å². The van der Waals surface area contributed by atoms with Crippen LogP contribution in [0.2, 0.25) is 5.02 Å². The lowest BCUT2D eigenvalue weighted by Crippen LogP contribution is -2.15. The Kier molecular flexibility index (Phi) is 6.32. The van der Waals surface area contributed by atoms with Crippen LogP contribution < -0.4 is 5.32 Å². The number of hydrogen-bond acceptors (Lipinski definition) is 2. The van der Waals surface area contributed by atoms with Gasteiger partial charge in [0.2, 0.25) is 0 Å². The van der Waals surface area contributed by atoms with Gasteiger partial charge in [-0.2, -0.15) is 0 Å². The van der Waals surface area contributed by atoms with Crippen molar-refractivity contribution < 1.29 is 5.11 Å². The number of hydrogen-bond donors (Lipinski definition) is 2.